The summed E-state index contributed by atoms with van der Waals surface area (Å²) in [5.41, 5.74) is 5.53. The Labute approximate surface area is 354 Å². The number of halogens is 1. The van der Waals surface area contributed by atoms with Gasteiger partial charge >= 0.3 is 6.09 Å². The van der Waals surface area contributed by atoms with Crippen molar-refractivity contribution < 1.29 is 43.2 Å². The lowest BCUT2D eigenvalue weighted by atomic mass is 9.55. The number of aliphatic hydroxyl groups is 2. The van der Waals surface area contributed by atoms with Crippen molar-refractivity contribution in [1.82, 2.24) is 4.90 Å². The number of fused-ring (bicyclic) bond motifs is 2. The number of ether oxygens (including phenoxy) is 4. The van der Waals surface area contributed by atoms with Gasteiger partial charge in [0.05, 0.1) is 24.8 Å². The highest BCUT2D eigenvalue weighted by Crippen LogP contribution is 2.62. The monoisotopic (exact) mass is 824 g/mol. The molecular formula is C49H61FN2O8. The molecule has 6 atom stereocenters. The molecule has 2 aliphatic carbocycles. The summed E-state index contributed by atoms with van der Waals surface area (Å²) in [5, 5.41) is 24.6. The summed E-state index contributed by atoms with van der Waals surface area (Å²) < 4.78 is 41.1. The molecule has 3 aromatic rings. The number of benzene rings is 3. The number of hydrogen-bond acceptors (Lipinski definition) is 9. The van der Waals surface area contributed by atoms with Gasteiger partial charge in [-0.25, -0.2) is 9.18 Å². The van der Waals surface area contributed by atoms with E-state index in [1.165, 1.54) is 17.7 Å². The number of rotatable bonds is 21. The van der Waals surface area contributed by atoms with E-state index in [1.54, 1.807) is 29.2 Å². The van der Waals surface area contributed by atoms with Crippen molar-refractivity contribution in [3.63, 3.8) is 0 Å². The van der Waals surface area contributed by atoms with Crippen LogP contribution in [0.1, 0.15) is 86.5 Å². The van der Waals surface area contributed by atoms with Gasteiger partial charge in [0.15, 0.2) is 0 Å². The minimum atomic E-state index is -1.48. The van der Waals surface area contributed by atoms with Gasteiger partial charge in [-0.15, -0.1) is 13.2 Å². The molecule has 322 valence electrons. The van der Waals surface area contributed by atoms with Crippen LogP contribution in [-0.4, -0.2) is 71.8 Å². The molecular weight excluding hydrogens is 764 g/mol. The number of amides is 1. The molecule has 0 spiro atoms. The van der Waals surface area contributed by atoms with Gasteiger partial charge in [-0.1, -0.05) is 54.4 Å². The van der Waals surface area contributed by atoms with Gasteiger partial charge in [-0.3, -0.25) is 4.90 Å². The second-order valence-corrected chi connectivity index (χ2v) is 16.0. The molecule has 1 aliphatic heterocycles. The molecule has 3 aliphatic rings. The Hall–Kier alpha value is -4.97. The number of aryl methyl sites for hydroxylation is 2. The Balaban J connectivity index is 1.59. The number of nitrogens with zero attached hydrogens (tertiary/aromatic N) is 2. The van der Waals surface area contributed by atoms with Gasteiger partial charge in [-0.2, -0.15) is 0 Å². The van der Waals surface area contributed by atoms with Gasteiger partial charge in [0.1, 0.15) is 35.7 Å². The predicted octanol–water partition coefficient (Wildman–Crippen LogP) is 10.1. The van der Waals surface area contributed by atoms with Crippen molar-refractivity contribution in [2.24, 2.45) is 22.9 Å². The zero-order chi connectivity index (χ0) is 42.6. The number of carbonyl (C=O) groups is 1. The Bertz CT molecular complexity index is 2000. The van der Waals surface area contributed by atoms with Crippen LogP contribution >= 0.6 is 0 Å². The minimum Gasteiger partial charge on any atom is -0.459 e. The Morgan fingerprint density at radius 2 is 1.70 bits per heavy atom. The minimum absolute atomic E-state index is 0.0346. The third-order valence-corrected chi connectivity index (χ3v) is 12.1. The number of oxime groups is 1. The van der Waals surface area contributed by atoms with Crippen LogP contribution in [0.3, 0.4) is 0 Å². The fraction of sp³-hybridized carbons (Fsp3) is 0.469. The average molecular weight is 825 g/mol. The summed E-state index contributed by atoms with van der Waals surface area (Å²) in [6.07, 6.45) is 10.3. The Kier molecular flexibility index (Phi) is 15.6. The van der Waals surface area contributed by atoms with Crippen LogP contribution in [0.4, 0.5) is 9.18 Å². The molecule has 6 rings (SSSR count). The average Bonchev–Trinajstić information content (AvgIpc) is 3.24. The zero-order valence-corrected chi connectivity index (χ0v) is 35.3. The first-order chi connectivity index (χ1) is 29.2. The van der Waals surface area contributed by atoms with E-state index in [0.29, 0.717) is 48.6 Å². The van der Waals surface area contributed by atoms with Crippen molar-refractivity contribution in [3.05, 3.63) is 126 Å². The summed E-state index contributed by atoms with van der Waals surface area (Å²) in [4.78, 5) is 22.0. The second-order valence-electron chi connectivity index (χ2n) is 16.0. The van der Waals surface area contributed by atoms with Crippen molar-refractivity contribution in [2.45, 2.75) is 96.4 Å². The van der Waals surface area contributed by atoms with Crippen LogP contribution in [0, 0.1) is 37.4 Å². The maximum Gasteiger partial charge on any atom is 0.410 e. The van der Waals surface area contributed by atoms with E-state index in [-0.39, 0.29) is 63.0 Å². The van der Waals surface area contributed by atoms with E-state index in [1.807, 2.05) is 37.3 Å². The van der Waals surface area contributed by atoms with Crippen LogP contribution in [-0.2, 0) is 20.9 Å². The number of hydrogen-bond donors (Lipinski definition) is 2. The molecule has 0 aromatic heterocycles. The summed E-state index contributed by atoms with van der Waals surface area (Å²) >= 11 is 0. The van der Waals surface area contributed by atoms with E-state index in [9.17, 15) is 19.4 Å². The maximum absolute atomic E-state index is 14.5. The molecule has 10 nitrogen and oxygen atoms in total. The van der Waals surface area contributed by atoms with Crippen molar-refractivity contribution in [3.8, 4) is 17.2 Å². The summed E-state index contributed by atoms with van der Waals surface area (Å²) in [6, 6.07) is 17.2. The van der Waals surface area contributed by atoms with Gasteiger partial charge in [0, 0.05) is 37.7 Å². The third kappa shape index (κ3) is 9.96. The molecule has 0 unspecified atom stereocenters. The lowest BCUT2D eigenvalue weighted by Crippen LogP contribution is -2.70. The van der Waals surface area contributed by atoms with Crippen molar-refractivity contribution in [2.75, 3.05) is 33.0 Å². The molecule has 2 N–H and O–H groups in total. The second kappa shape index (κ2) is 21.0. The van der Waals surface area contributed by atoms with Crippen LogP contribution in [0.25, 0.3) is 0 Å². The number of unbranched alkanes of at least 4 members (excludes halogenated alkanes) is 2. The van der Waals surface area contributed by atoms with E-state index < -0.39 is 23.8 Å². The lowest BCUT2D eigenvalue weighted by molar-refractivity contribution is -0.256. The molecule has 1 heterocycles. The SMILES string of the molecule is C=CCCOC(=O)N(Cc1ccc(F)cc1)[C@H]1CC(=NOCC)C2=C[C@H](CCCCO)[C@@H](CCCCO)[C@@H]3c4cc(Oc5ccc(C)c(C)c5)ccc4O[C@@]1(OCC=C)[C@H]23. The molecule has 1 amide bonds. The summed E-state index contributed by atoms with van der Waals surface area (Å²) in [6.45, 7) is 14.6. The third-order valence-electron chi connectivity index (χ3n) is 12.1. The first-order valence-electron chi connectivity index (χ1n) is 21.4. The summed E-state index contributed by atoms with van der Waals surface area (Å²) in [7, 11) is 0. The van der Waals surface area contributed by atoms with Crippen LogP contribution in [0.15, 0.2) is 103 Å². The molecule has 0 saturated heterocycles. The molecule has 60 heavy (non-hydrogen) atoms. The van der Waals surface area contributed by atoms with Crippen LogP contribution in [0.2, 0.25) is 0 Å². The Morgan fingerprint density at radius 3 is 2.40 bits per heavy atom. The van der Waals surface area contributed by atoms with Gasteiger partial charge in [0.25, 0.3) is 0 Å². The number of aliphatic hydroxyl groups excluding tert-OH is 2. The molecule has 0 radical (unpaired) electrons. The Morgan fingerprint density at radius 1 is 0.967 bits per heavy atom. The highest BCUT2D eigenvalue weighted by Gasteiger charge is 2.65. The van der Waals surface area contributed by atoms with Gasteiger partial charge in [0.2, 0.25) is 5.79 Å². The summed E-state index contributed by atoms with van der Waals surface area (Å²) in [5.74, 6) is -0.533. The van der Waals surface area contributed by atoms with Crippen LogP contribution < -0.4 is 9.47 Å². The largest absolute Gasteiger partial charge is 0.459 e. The highest BCUT2D eigenvalue weighted by molar-refractivity contribution is 6.03. The normalized spacial score (nSPS) is 23.4. The fourth-order valence-electron chi connectivity index (χ4n) is 9.17. The highest BCUT2D eigenvalue weighted by atomic mass is 19.1. The quantitative estimate of drug-likeness (QED) is 0.0619. The topological polar surface area (TPSA) is 119 Å². The smallest absolute Gasteiger partial charge is 0.410 e. The lowest BCUT2D eigenvalue weighted by Gasteiger charge is -2.59. The maximum atomic E-state index is 14.5. The predicted molar refractivity (Wildman–Crippen MR) is 231 cm³/mol. The fourth-order valence-corrected chi connectivity index (χ4v) is 9.17. The van der Waals surface area contributed by atoms with Crippen molar-refractivity contribution >= 4 is 11.8 Å². The van der Waals surface area contributed by atoms with Crippen molar-refractivity contribution in [1.29, 1.82) is 0 Å². The van der Waals surface area contributed by atoms with E-state index >= 15 is 0 Å². The van der Waals surface area contributed by atoms with Crippen LogP contribution in [0.5, 0.6) is 17.2 Å². The van der Waals surface area contributed by atoms with E-state index in [0.717, 1.165) is 48.1 Å². The molecule has 3 aromatic carbocycles. The van der Waals surface area contributed by atoms with Gasteiger partial charge < -0.3 is 34.0 Å². The molecule has 1 saturated carbocycles. The molecule has 11 heteroatoms. The van der Waals surface area contributed by atoms with E-state index in [2.05, 4.69) is 39.1 Å². The van der Waals surface area contributed by atoms with E-state index in [4.69, 9.17) is 28.9 Å². The molecule has 1 fully saturated rings. The first-order valence-corrected chi connectivity index (χ1v) is 21.4. The number of carbonyl (C=O) groups excluding carboxylic acids is 1. The molecule has 0 bridgehead atoms. The zero-order valence-electron chi connectivity index (χ0n) is 35.3. The van der Waals surface area contributed by atoms with Gasteiger partial charge in [-0.05, 0) is 129 Å². The number of allylic oxidation sites excluding steroid dienone is 1. The standard InChI is InChI=1S/C49H61FN2O8/c1-6-9-27-56-48(55)52(32-35-17-19-37(50)20-18-35)45-31-43(51-58-8-3)41-29-36(14-10-12-24-53)40(15-11-13-25-54)46-42-30-39(59-38-21-16-33(4)34(5)28-38)22-23-44(42)60-49(45,47(41)46)57-26-7-2/h6-7,16-23,28-30,36,40,45-47,53-54H,1-2,8-15,24-27,31-32H2,3-5H3/t36-,40+,45-,46+,47+,49+/m0/s1. The first kappa shape index (κ1) is 44.6.